The number of fused-ring (bicyclic) bond motifs is 1. The summed E-state index contributed by atoms with van der Waals surface area (Å²) in [4.78, 5) is 27.3. The van der Waals surface area contributed by atoms with Gasteiger partial charge in [0, 0.05) is 49.7 Å². The Kier molecular flexibility index (Phi) is 6.52. The van der Waals surface area contributed by atoms with E-state index in [0.29, 0.717) is 37.6 Å². The fraction of sp³-hybridized carbons (Fsp3) is 0.370. The lowest BCUT2D eigenvalue weighted by atomic mass is 10.1. The number of benzene rings is 2. The fourth-order valence-electron chi connectivity index (χ4n) is 5.54. The Morgan fingerprint density at radius 2 is 1.68 bits per heavy atom. The number of para-hydroxylation sites is 1. The quantitative estimate of drug-likeness (QED) is 0.494. The molecule has 38 heavy (non-hydrogen) atoms. The number of rotatable bonds is 5. The molecule has 11 heteroatoms. The zero-order chi connectivity index (χ0) is 26.2. The maximum atomic E-state index is 15.0. The summed E-state index contributed by atoms with van der Waals surface area (Å²) in [5.41, 5.74) is 0.983. The molecule has 2 aromatic carbocycles. The molecule has 8 nitrogen and oxygen atoms in total. The van der Waals surface area contributed by atoms with Gasteiger partial charge in [-0.15, -0.1) is 0 Å². The van der Waals surface area contributed by atoms with Crippen LogP contribution in [-0.2, 0) is 6.54 Å². The van der Waals surface area contributed by atoms with Gasteiger partial charge in [0.25, 0.3) is 0 Å². The van der Waals surface area contributed by atoms with Gasteiger partial charge in [-0.25, -0.2) is 22.9 Å². The third-order valence-electron chi connectivity index (χ3n) is 7.37. The van der Waals surface area contributed by atoms with E-state index in [1.807, 2.05) is 0 Å². The van der Waals surface area contributed by atoms with Crippen molar-refractivity contribution in [2.45, 2.75) is 38.3 Å². The molecular formula is C27H28F3N7O. The first-order valence-electron chi connectivity index (χ1n) is 12.9. The average Bonchev–Trinajstić information content (AvgIpc) is 3.44. The van der Waals surface area contributed by atoms with E-state index in [1.165, 1.54) is 23.1 Å². The minimum atomic E-state index is -0.671. The van der Waals surface area contributed by atoms with E-state index in [4.69, 9.17) is 0 Å². The summed E-state index contributed by atoms with van der Waals surface area (Å²) in [6, 6.07) is 8.20. The van der Waals surface area contributed by atoms with Crippen molar-refractivity contribution in [3.8, 4) is 0 Å². The molecule has 1 aromatic heterocycles. The average molecular weight is 524 g/mol. The van der Waals surface area contributed by atoms with Crippen LogP contribution in [-0.4, -0.2) is 48.2 Å². The molecule has 0 atom stereocenters. The highest BCUT2D eigenvalue weighted by Gasteiger charge is 2.39. The molecule has 0 radical (unpaired) electrons. The lowest BCUT2D eigenvalue weighted by Gasteiger charge is -2.39. The van der Waals surface area contributed by atoms with E-state index >= 15 is 0 Å². The highest BCUT2D eigenvalue weighted by atomic mass is 19.1. The smallest absolute Gasteiger partial charge is 0.330 e. The van der Waals surface area contributed by atoms with Gasteiger partial charge in [0.1, 0.15) is 17.3 Å². The SMILES string of the molecule is O=C1N(c2ccccc2F)Cc2cnc(Nc3cc(F)c(N4CCNCC4)c(F)c3)nc2N1C1CCCC1. The van der Waals surface area contributed by atoms with Gasteiger partial charge in [-0.3, -0.25) is 9.80 Å². The van der Waals surface area contributed by atoms with Crippen LogP contribution in [0.1, 0.15) is 31.2 Å². The number of hydrogen-bond donors (Lipinski definition) is 2. The van der Waals surface area contributed by atoms with Crippen LogP contribution in [0.2, 0.25) is 0 Å². The summed E-state index contributed by atoms with van der Waals surface area (Å²) in [6.45, 7) is 2.47. The van der Waals surface area contributed by atoms with Gasteiger partial charge < -0.3 is 15.5 Å². The Labute approximate surface area is 218 Å². The molecule has 6 rings (SSSR count). The Bertz CT molecular complexity index is 1340. The Hall–Kier alpha value is -3.86. The van der Waals surface area contributed by atoms with E-state index in [-0.39, 0.29) is 41.6 Å². The largest absolute Gasteiger partial charge is 0.364 e. The van der Waals surface area contributed by atoms with Gasteiger partial charge in [-0.1, -0.05) is 25.0 Å². The number of anilines is 5. The van der Waals surface area contributed by atoms with Gasteiger partial charge in [-0.05, 0) is 37.1 Å². The number of amides is 2. The molecule has 1 saturated carbocycles. The van der Waals surface area contributed by atoms with Gasteiger partial charge >= 0.3 is 6.03 Å². The molecule has 0 unspecified atom stereocenters. The first-order valence-corrected chi connectivity index (χ1v) is 12.9. The number of carbonyl (C=O) groups excluding carboxylic acids is 1. The molecule has 2 fully saturated rings. The molecule has 3 heterocycles. The van der Waals surface area contributed by atoms with Crippen molar-refractivity contribution >= 4 is 34.9 Å². The van der Waals surface area contributed by atoms with Crippen LogP contribution in [0, 0.1) is 17.5 Å². The summed E-state index contributed by atoms with van der Waals surface area (Å²) in [6.07, 6.45) is 5.17. The van der Waals surface area contributed by atoms with Crippen LogP contribution in [0.3, 0.4) is 0 Å². The highest BCUT2D eigenvalue weighted by Crippen LogP contribution is 2.37. The Balaban J connectivity index is 1.32. The van der Waals surface area contributed by atoms with E-state index in [9.17, 15) is 18.0 Å². The minimum Gasteiger partial charge on any atom is -0.364 e. The molecule has 0 bridgehead atoms. The summed E-state index contributed by atoms with van der Waals surface area (Å²) in [5, 5.41) is 6.07. The predicted molar refractivity (Wildman–Crippen MR) is 139 cm³/mol. The lowest BCUT2D eigenvalue weighted by molar-refractivity contribution is 0.247. The van der Waals surface area contributed by atoms with Gasteiger partial charge in [-0.2, -0.15) is 4.98 Å². The second kappa shape index (κ2) is 10.1. The minimum absolute atomic E-state index is 0.0466. The van der Waals surface area contributed by atoms with Crippen LogP contribution >= 0.6 is 0 Å². The molecule has 1 saturated heterocycles. The molecular weight excluding hydrogens is 495 g/mol. The van der Waals surface area contributed by atoms with Crippen molar-refractivity contribution in [3.05, 3.63) is 65.6 Å². The van der Waals surface area contributed by atoms with Crippen LogP contribution < -0.4 is 25.3 Å². The number of hydrogen-bond acceptors (Lipinski definition) is 6. The topological polar surface area (TPSA) is 76.6 Å². The predicted octanol–water partition coefficient (Wildman–Crippen LogP) is 4.94. The van der Waals surface area contributed by atoms with Gasteiger partial charge in [0.2, 0.25) is 5.95 Å². The maximum Gasteiger partial charge on any atom is 0.330 e. The van der Waals surface area contributed by atoms with Crippen molar-refractivity contribution in [2.75, 3.05) is 46.2 Å². The normalized spacial score (nSPS) is 18.2. The summed E-state index contributed by atoms with van der Waals surface area (Å²) in [5.74, 6) is -1.27. The molecule has 1 aliphatic carbocycles. The molecule has 3 aromatic rings. The number of urea groups is 1. The van der Waals surface area contributed by atoms with Gasteiger partial charge in [0.15, 0.2) is 11.6 Å². The highest BCUT2D eigenvalue weighted by molar-refractivity contribution is 6.06. The Morgan fingerprint density at radius 3 is 2.39 bits per heavy atom. The fourth-order valence-corrected chi connectivity index (χ4v) is 5.54. The second-order valence-electron chi connectivity index (χ2n) is 9.82. The summed E-state index contributed by atoms with van der Waals surface area (Å²) in [7, 11) is 0. The molecule has 0 spiro atoms. The van der Waals surface area contributed by atoms with Crippen LogP contribution in [0.5, 0.6) is 0 Å². The molecule has 2 amide bonds. The standard InChI is InChI=1S/C27H28F3N7O/c28-20-7-3-4-8-23(20)36-16-17-15-32-26(34-25(17)37(27(36)38)19-5-1-2-6-19)33-18-13-21(29)24(22(30)14-18)35-11-9-31-10-12-35/h3-4,7-8,13-15,19,31H,1-2,5-6,9-12,16H2,(H,32,33,34). The number of aromatic nitrogens is 2. The molecule has 2 aliphatic heterocycles. The first-order chi connectivity index (χ1) is 18.5. The van der Waals surface area contributed by atoms with Crippen LogP contribution in [0.4, 0.5) is 46.8 Å². The molecule has 3 aliphatic rings. The summed E-state index contributed by atoms with van der Waals surface area (Å²) < 4.78 is 44.5. The van der Waals surface area contributed by atoms with E-state index < -0.39 is 17.5 Å². The number of nitrogens with zero attached hydrogens (tertiary/aromatic N) is 5. The molecule has 198 valence electrons. The van der Waals surface area contributed by atoms with Crippen LogP contribution in [0.15, 0.2) is 42.6 Å². The number of halogens is 3. The van der Waals surface area contributed by atoms with Crippen LogP contribution in [0.25, 0.3) is 0 Å². The first kappa shape index (κ1) is 24.5. The van der Waals surface area contributed by atoms with E-state index in [2.05, 4.69) is 20.6 Å². The van der Waals surface area contributed by atoms with Crippen molar-refractivity contribution in [2.24, 2.45) is 0 Å². The number of carbonyl (C=O) groups is 1. The number of nitrogens with one attached hydrogen (secondary N) is 2. The zero-order valence-electron chi connectivity index (χ0n) is 20.8. The maximum absolute atomic E-state index is 15.0. The van der Waals surface area contributed by atoms with Crippen molar-refractivity contribution in [3.63, 3.8) is 0 Å². The third kappa shape index (κ3) is 4.51. The lowest BCUT2D eigenvalue weighted by Crippen LogP contribution is -2.52. The number of piperazine rings is 1. The van der Waals surface area contributed by atoms with Crippen molar-refractivity contribution in [1.82, 2.24) is 15.3 Å². The molecule has 2 N–H and O–H groups in total. The van der Waals surface area contributed by atoms with E-state index in [0.717, 1.165) is 25.7 Å². The summed E-state index contributed by atoms with van der Waals surface area (Å²) >= 11 is 0. The van der Waals surface area contributed by atoms with Gasteiger partial charge in [0.05, 0.1) is 12.2 Å². The second-order valence-corrected chi connectivity index (χ2v) is 9.82. The zero-order valence-corrected chi connectivity index (χ0v) is 20.8. The third-order valence-corrected chi connectivity index (χ3v) is 7.37. The monoisotopic (exact) mass is 523 g/mol. The van der Waals surface area contributed by atoms with Crippen molar-refractivity contribution in [1.29, 1.82) is 0 Å². The van der Waals surface area contributed by atoms with Crippen molar-refractivity contribution < 1.29 is 18.0 Å². The Morgan fingerprint density at radius 1 is 0.974 bits per heavy atom. The van der Waals surface area contributed by atoms with E-state index in [1.54, 1.807) is 34.2 Å².